The molecule has 1 aliphatic heterocycles. The summed E-state index contributed by atoms with van der Waals surface area (Å²) in [4.78, 5) is 6.34. The largest absolute Gasteiger partial charge is 0.414 e. The first kappa shape index (κ1) is 21.7. The van der Waals surface area contributed by atoms with Gasteiger partial charge < -0.3 is 5.11 Å². The van der Waals surface area contributed by atoms with Crippen molar-refractivity contribution in [3.63, 3.8) is 0 Å². The fraction of sp³-hybridized carbons (Fsp3) is 0.500. The monoisotopic (exact) mass is 410 g/mol. The predicted octanol–water partition coefficient (Wildman–Crippen LogP) is 4.70. The average Bonchev–Trinajstić information content (AvgIpc) is 3.13. The summed E-state index contributed by atoms with van der Waals surface area (Å²) in [7, 11) is 0. The van der Waals surface area contributed by atoms with Crippen molar-refractivity contribution in [3.05, 3.63) is 65.7 Å². The molecule has 0 spiro atoms. The highest BCUT2D eigenvalue weighted by Crippen LogP contribution is 2.47. The molecule has 0 aliphatic carbocycles. The van der Waals surface area contributed by atoms with Crippen LogP contribution in [0.1, 0.15) is 37.9 Å². The van der Waals surface area contributed by atoms with Gasteiger partial charge in [-0.15, -0.1) is 0 Å². The molecule has 7 heteroatoms. The predicted molar refractivity (Wildman–Crippen MR) is 103 cm³/mol. The second kappa shape index (κ2) is 8.03. The molecule has 1 aromatic carbocycles. The number of aromatic nitrogens is 1. The number of benzene rings is 1. The van der Waals surface area contributed by atoms with Crippen LogP contribution in [0.15, 0.2) is 48.7 Å². The van der Waals surface area contributed by atoms with Crippen molar-refractivity contribution in [1.82, 2.24) is 9.88 Å². The van der Waals surface area contributed by atoms with Gasteiger partial charge in [0.15, 0.2) is 6.10 Å². The van der Waals surface area contributed by atoms with Gasteiger partial charge in [-0.05, 0) is 69.5 Å². The molecule has 1 N–H and O–H groups in total. The zero-order valence-electron chi connectivity index (χ0n) is 16.6. The molecule has 0 bridgehead atoms. The van der Waals surface area contributed by atoms with Gasteiger partial charge in [-0.3, -0.25) is 9.88 Å². The Morgan fingerprint density at radius 2 is 1.83 bits per heavy atom. The highest BCUT2D eigenvalue weighted by molar-refractivity contribution is 5.18. The highest BCUT2D eigenvalue weighted by atomic mass is 19.4. The minimum absolute atomic E-state index is 0.110. The first-order chi connectivity index (χ1) is 13.5. The molecule has 3 nitrogen and oxygen atoms in total. The number of rotatable bonds is 6. The van der Waals surface area contributed by atoms with E-state index in [4.69, 9.17) is 0 Å². The van der Waals surface area contributed by atoms with Gasteiger partial charge in [0.2, 0.25) is 0 Å². The van der Waals surface area contributed by atoms with Gasteiger partial charge in [0, 0.05) is 18.2 Å². The molecule has 1 aromatic heterocycles. The van der Waals surface area contributed by atoms with E-state index in [-0.39, 0.29) is 25.2 Å². The third-order valence-electron chi connectivity index (χ3n) is 6.18. The Hall–Kier alpha value is -1.99. The number of hydrogen-bond acceptors (Lipinski definition) is 3. The van der Waals surface area contributed by atoms with E-state index >= 15 is 0 Å². The van der Waals surface area contributed by atoms with Crippen LogP contribution in [0.4, 0.5) is 17.6 Å². The summed E-state index contributed by atoms with van der Waals surface area (Å²) in [6, 6.07) is 11.3. The Labute approximate surface area is 168 Å². The topological polar surface area (TPSA) is 36.4 Å². The molecule has 3 rings (SSSR count). The summed E-state index contributed by atoms with van der Waals surface area (Å²) in [6.07, 6.45) is -4.72. The van der Waals surface area contributed by atoms with Crippen molar-refractivity contribution in [2.75, 3.05) is 13.1 Å². The molecule has 0 radical (unpaired) electrons. The number of nitrogens with zero attached hydrogens (tertiary/aromatic N) is 2. The van der Waals surface area contributed by atoms with Crippen LogP contribution in [-0.2, 0) is 12.0 Å². The Bertz CT molecular complexity index is 808. The van der Waals surface area contributed by atoms with Crippen molar-refractivity contribution in [2.45, 2.75) is 50.9 Å². The number of aliphatic hydroxyl groups is 1. The molecule has 2 aromatic rings. The van der Waals surface area contributed by atoms with E-state index in [0.29, 0.717) is 13.0 Å². The summed E-state index contributed by atoms with van der Waals surface area (Å²) in [5.74, 6) is -0.386. The van der Waals surface area contributed by atoms with E-state index in [9.17, 15) is 22.7 Å². The highest BCUT2D eigenvalue weighted by Gasteiger charge is 2.56. The van der Waals surface area contributed by atoms with Crippen molar-refractivity contribution in [3.8, 4) is 0 Å². The normalized spacial score (nSPS) is 22.0. The van der Waals surface area contributed by atoms with Crippen molar-refractivity contribution in [1.29, 1.82) is 0 Å². The maximum absolute atomic E-state index is 13.5. The van der Waals surface area contributed by atoms with Gasteiger partial charge in [-0.25, -0.2) is 4.39 Å². The molecular formula is C22H26F4N2O. The van der Waals surface area contributed by atoms with Crippen LogP contribution in [0.5, 0.6) is 0 Å². The molecule has 29 heavy (non-hydrogen) atoms. The lowest BCUT2D eigenvalue weighted by atomic mass is 9.75. The van der Waals surface area contributed by atoms with E-state index in [1.807, 2.05) is 30.9 Å². The van der Waals surface area contributed by atoms with Gasteiger partial charge in [0.25, 0.3) is 0 Å². The molecule has 158 valence electrons. The maximum Gasteiger partial charge on any atom is 0.414 e. The quantitative estimate of drug-likeness (QED) is 0.701. The molecule has 0 unspecified atom stereocenters. The number of likely N-dealkylation sites (tertiary alicyclic amines) is 1. The molecular weight excluding hydrogens is 384 g/mol. The zero-order chi connectivity index (χ0) is 21.3. The van der Waals surface area contributed by atoms with Crippen LogP contribution in [-0.4, -0.2) is 40.4 Å². The van der Waals surface area contributed by atoms with Gasteiger partial charge in [0.05, 0.1) is 11.2 Å². The molecule has 2 heterocycles. The summed E-state index contributed by atoms with van der Waals surface area (Å²) >= 11 is 0. The molecule has 2 atom stereocenters. The van der Waals surface area contributed by atoms with Crippen LogP contribution in [0.3, 0.4) is 0 Å². The molecule has 0 saturated carbocycles. The Kier molecular flexibility index (Phi) is 6.01. The van der Waals surface area contributed by atoms with Crippen LogP contribution in [0.25, 0.3) is 0 Å². The number of pyridine rings is 1. The number of aliphatic hydroxyl groups excluding tert-OH is 1. The lowest BCUT2D eigenvalue weighted by molar-refractivity contribution is -0.239. The lowest BCUT2D eigenvalue weighted by Gasteiger charge is -2.39. The van der Waals surface area contributed by atoms with E-state index in [1.165, 1.54) is 12.1 Å². The van der Waals surface area contributed by atoms with Crippen LogP contribution in [0.2, 0.25) is 0 Å². The van der Waals surface area contributed by atoms with Crippen molar-refractivity contribution in [2.24, 2.45) is 5.41 Å². The third-order valence-corrected chi connectivity index (χ3v) is 6.18. The van der Waals surface area contributed by atoms with Gasteiger partial charge >= 0.3 is 6.18 Å². The van der Waals surface area contributed by atoms with Crippen LogP contribution < -0.4 is 0 Å². The minimum atomic E-state index is -4.70. The van der Waals surface area contributed by atoms with Crippen LogP contribution in [0, 0.1) is 11.2 Å². The standard InChI is InChI=1S/C22H26F4N2O/c1-20(2,18-5-3-4-13-27-18)28-14-12-21(15-28,19(29)22(24,25)26)11-10-16-6-8-17(23)9-7-16/h3-9,13,19,29H,10-12,14-15H2,1-2H3/t19-,21-/m1/s1. The van der Waals surface area contributed by atoms with Gasteiger partial charge in [-0.2, -0.15) is 13.2 Å². The first-order valence-electron chi connectivity index (χ1n) is 9.70. The smallest absolute Gasteiger partial charge is 0.383 e. The fourth-order valence-corrected chi connectivity index (χ4v) is 4.22. The fourth-order valence-electron chi connectivity index (χ4n) is 4.22. The second-order valence-electron chi connectivity index (χ2n) is 8.38. The summed E-state index contributed by atoms with van der Waals surface area (Å²) in [5, 5.41) is 10.3. The van der Waals surface area contributed by atoms with E-state index in [1.54, 1.807) is 24.4 Å². The Morgan fingerprint density at radius 1 is 1.14 bits per heavy atom. The number of alkyl halides is 3. The van der Waals surface area contributed by atoms with Crippen LogP contribution >= 0.6 is 0 Å². The van der Waals surface area contributed by atoms with E-state index in [2.05, 4.69) is 4.98 Å². The maximum atomic E-state index is 13.5. The second-order valence-corrected chi connectivity index (χ2v) is 8.38. The Morgan fingerprint density at radius 3 is 2.41 bits per heavy atom. The number of hydrogen-bond donors (Lipinski definition) is 1. The van der Waals surface area contributed by atoms with Crippen molar-refractivity contribution >= 4 is 0 Å². The van der Waals surface area contributed by atoms with Gasteiger partial charge in [-0.1, -0.05) is 18.2 Å². The molecule has 1 fully saturated rings. The number of halogens is 4. The summed E-state index contributed by atoms with van der Waals surface area (Å²) < 4.78 is 53.8. The first-order valence-corrected chi connectivity index (χ1v) is 9.70. The zero-order valence-corrected chi connectivity index (χ0v) is 16.6. The molecule has 1 saturated heterocycles. The summed E-state index contributed by atoms with van der Waals surface area (Å²) in [5.41, 5.74) is -0.360. The lowest BCUT2D eigenvalue weighted by Crippen LogP contribution is -2.49. The average molecular weight is 410 g/mol. The third kappa shape index (κ3) is 4.61. The SMILES string of the molecule is CC(C)(c1ccccn1)N1CC[C@@](CCc2ccc(F)cc2)([C@@H](O)C(F)(F)F)C1. The van der Waals surface area contributed by atoms with Crippen molar-refractivity contribution < 1.29 is 22.7 Å². The molecule has 0 amide bonds. The van der Waals surface area contributed by atoms with Gasteiger partial charge in [0.1, 0.15) is 5.82 Å². The van der Waals surface area contributed by atoms with E-state index < -0.39 is 23.2 Å². The molecule has 1 aliphatic rings. The Balaban J connectivity index is 1.84. The number of aryl methyl sites for hydroxylation is 1. The minimum Gasteiger partial charge on any atom is -0.383 e. The van der Waals surface area contributed by atoms with E-state index in [0.717, 1.165) is 11.3 Å². The summed E-state index contributed by atoms with van der Waals surface area (Å²) in [6.45, 7) is 4.41.